The zero-order valence-electron chi connectivity index (χ0n) is 5.81. The Morgan fingerprint density at radius 3 is 1.27 bits per heavy atom. The first-order valence-corrected chi connectivity index (χ1v) is 2.32. The summed E-state index contributed by atoms with van der Waals surface area (Å²) in [7, 11) is 0. The highest BCUT2D eigenvalue weighted by molar-refractivity contribution is 5.82. The van der Waals surface area contributed by atoms with Gasteiger partial charge in [-0.1, -0.05) is 13.4 Å². The second-order valence-electron chi connectivity index (χ2n) is 1.28. The molecule has 0 fully saturated rings. The van der Waals surface area contributed by atoms with E-state index in [2.05, 4.69) is 4.74 Å². The van der Waals surface area contributed by atoms with E-state index in [0.717, 1.165) is 0 Å². The molecule has 0 radical (unpaired) electrons. The molecule has 0 atom stereocenters. The molecular weight excluding hydrogens is 167 g/mol. The van der Waals surface area contributed by atoms with Crippen molar-refractivity contribution in [3.63, 3.8) is 0 Å². The van der Waals surface area contributed by atoms with E-state index >= 15 is 0 Å². The van der Waals surface area contributed by atoms with E-state index in [4.69, 9.17) is 0 Å². The zero-order valence-corrected chi connectivity index (χ0v) is 5.81. The molecule has 0 aliphatic heterocycles. The maximum atomic E-state index is 9.81. The van der Waals surface area contributed by atoms with Crippen LogP contribution in [0.3, 0.4) is 0 Å². The molecule has 0 N–H and O–H groups in total. The fraction of sp³-hybridized carbons (Fsp3) is 0.500. The van der Waals surface area contributed by atoms with Crippen LogP contribution in [-0.2, 0) is 14.3 Å². The molecule has 7 heteroatoms. The van der Waals surface area contributed by atoms with Gasteiger partial charge in [-0.2, -0.15) is 0 Å². The minimum absolute atomic E-state index is 0.562. The molecule has 11 heavy (non-hydrogen) atoms. The van der Waals surface area contributed by atoms with Crippen LogP contribution in [0.5, 0.6) is 0 Å². The standard InChI is InChI=1S/C4H6O3.F3N/c1-3(5)7-4(2)6;1-4(2)3/h1-2H3;. The molecule has 4 nitrogen and oxygen atoms in total. The average Bonchev–Trinajstić information content (AvgIpc) is 1.56. The molecular formula is C4H6F3NO3. The smallest absolute Gasteiger partial charge is 0.310 e. The molecule has 0 aliphatic carbocycles. The Hall–Kier alpha value is -1.11. The van der Waals surface area contributed by atoms with E-state index in [1.807, 2.05) is 0 Å². The number of carbonyl (C=O) groups excluding carboxylic acids is 2. The van der Waals surface area contributed by atoms with Gasteiger partial charge in [0.1, 0.15) is 0 Å². The van der Waals surface area contributed by atoms with Gasteiger partial charge in [-0.3, -0.25) is 9.59 Å². The van der Waals surface area contributed by atoms with Crippen LogP contribution in [0.2, 0.25) is 0 Å². The third-order valence-electron chi connectivity index (χ3n) is 0.287. The van der Waals surface area contributed by atoms with Crippen LogP contribution in [0.1, 0.15) is 13.8 Å². The Kier molecular flexibility index (Phi) is 7.99. The number of halogens is 3. The predicted molar refractivity (Wildman–Crippen MR) is 27.6 cm³/mol. The molecule has 0 aliphatic rings. The molecule has 0 bridgehead atoms. The number of esters is 2. The SMILES string of the molecule is CC(=O)OC(C)=O.FN(F)F. The Morgan fingerprint density at radius 2 is 1.27 bits per heavy atom. The van der Waals surface area contributed by atoms with Crippen LogP contribution in [0, 0.1) is 0 Å². The van der Waals surface area contributed by atoms with Gasteiger partial charge in [-0.15, -0.1) is 0 Å². The van der Waals surface area contributed by atoms with Crippen molar-refractivity contribution < 1.29 is 27.8 Å². The number of ether oxygens (including phenoxy) is 1. The Bertz CT molecular complexity index is 124. The van der Waals surface area contributed by atoms with Gasteiger partial charge < -0.3 is 4.74 Å². The van der Waals surface area contributed by atoms with Crippen molar-refractivity contribution in [2.75, 3.05) is 0 Å². The summed E-state index contributed by atoms with van der Waals surface area (Å²) in [6.07, 6.45) is 0. The molecule has 0 unspecified atom stereocenters. The molecule has 0 rings (SSSR count). The van der Waals surface area contributed by atoms with Gasteiger partial charge in [0.15, 0.2) is 5.57 Å². The van der Waals surface area contributed by atoms with Crippen molar-refractivity contribution in [3.05, 3.63) is 0 Å². The van der Waals surface area contributed by atoms with Gasteiger partial charge in [0.2, 0.25) is 0 Å². The highest BCUT2D eigenvalue weighted by atomic mass is 19.5. The maximum Gasteiger partial charge on any atom is 0.310 e. The summed E-state index contributed by atoms with van der Waals surface area (Å²) in [4.78, 5) is 19.6. The predicted octanol–water partition coefficient (Wildman–Crippen LogP) is 1.04. The van der Waals surface area contributed by atoms with E-state index in [9.17, 15) is 23.0 Å². The first kappa shape index (κ1) is 12.6. The van der Waals surface area contributed by atoms with E-state index in [-0.39, 0.29) is 0 Å². The second-order valence-corrected chi connectivity index (χ2v) is 1.28. The molecule has 66 valence electrons. The van der Waals surface area contributed by atoms with Crippen LogP contribution in [0.15, 0.2) is 0 Å². The maximum absolute atomic E-state index is 9.81. The molecule has 0 aromatic carbocycles. The normalized spacial score (nSPS) is 8.18. The molecule has 0 heterocycles. The van der Waals surface area contributed by atoms with Crippen LogP contribution in [-0.4, -0.2) is 17.5 Å². The summed E-state index contributed by atoms with van der Waals surface area (Å²) < 4.78 is 32.5. The zero-order chi connectivity index (χ0) is 9.44. The summed E-state index contributed by atoms with van der Waals surface area (Å²) in [6, 6.07) is 0. The highest BCUT2D eigenvalue weighted by Crippen LogP contribution is 1.82. The quantitative estimate of drug-likeness (QED) is 0.312. The van der Waals surface area contributed by atoms with Gasteiger partial charge in [-0.05, 0) is 0 Å². The molecule has 0 spiro atoms. The van der Waals surface area contributed by atoms with E-state index in [1.54, 1.807) is 0 Å². The summed E-state index contributed by atoms with van der Waals surface area (Å²) in [6.45, 7) is 2.36. The van der Waals surface area contributed by atoms with Gasteiger partial charge >= 0.3 is 11.9 Å². The number of nitrogens with zero attached hydrogens (tertiary/aromatic N) is 1. The largest absolute Gasteiger partial charge is 0.394 e. The monoisotopic (exact) mass is 173 g/mol. The minimum atomic E-state index is -2.50. The summed E-state index contributed by atoms with van der Waals surface area (Å²) in [5, 5.41) is 0. The lowest BCUT2D eigenvalue weighted by Gasteiger charge is -1.87. The lowest BCUT2D eigenvalue weighted by Crippen LogP contribution is -2.03. The van der Waals surface area contributed by atoms with Crippen LogP contribution >= 0.6 is 0 Å². The first-order valence-electron chi connectivity index (χ1n) is 2.32. The van der Waals surface area contributed by atoms with Crippen molar-refractivity contribution >= 4 is 11.9 Å². The van der Waals surface area contributed by atoms with Crippen LogP contribution in [0.4, 0.5) is 13.4 Å². The molecule has 0 aromatic rings. The fourth-order valence-electron chi connectivity index (χ4n) is 0.202. The number of carbonyl (C=O) groups is 2. The molecule has 0 saturated carbocycles. The van der Waals surface area contributed by atoms with Crippen molar-refractivity contribution in [2.24, 2.45) is 0 Å². The topological polar surface area (TPSA) is 46.6 Å². The minimum Gasteiger partial charge on any atom is -0.394 e. The van der Waals surface area contributed by atoms with Gasteiger partial charge in [0, 0.05) is 13.8 Å². The molecule has 0 amide bonds. The third kappa shape index (κ3) is 50.5. The van der Waals surface area contributed by atoms with Crippen molar-refractivity contribution in [2.45, 2.75) is 13.8 Å². The lowest BCUT2D eigenvalue weighted by molar-refractivity contribution is -0.295. The van der Waals surface area contributed by atoms with Gasteiger partial charge in [0.05, 0.1) is 0 Å². The van der Waals surface area contributed by atoms with Gasteiger partial charge in [0.25, 0.3) is 0 Å². The van der Waals surface area contributed by atoms with Crippen LogP contribution < -0.4 is 0 Å². The molecule has 0 aromatic heterocycles. The number of hydrogen-bond acceptors (Lipinski definition) is 4. The van der Waals surface area contributed by atoms with Crippen molar-refractivity contribution in [1.82, 2.24) is 5.57 Å². The lowest BCUT2D eigenvalue weighted by atomic mass is 10.7. The number of hydrogen-bond donors (Lipinski definition) is 0. The van der Waals surface area contributed by atoms with Gasteiger partial charge in [-0.25, -0.2) is 0 Å². The summed E-state index contributed by atoms with van der Waals surface area (Å²) in [5.41, 5.74) is -2.50. The van der Waals surface area contributed by atoms with Crippen LogP contribution in [0.25, 0.3) is 0 Å². The molecule has 0 saturated heterocycles. The highest BCUT2D eigenvalue weighted by Gasteiger charge is 1.93. The second kappa shape index (κ2) is 7.00. The third-order valence-corrected chi connectivity index (χ3v) is 0.287. The van der Waals surface area contributed by atoms with E-state index in [0.29, 0.717) is 0 Å². The average molecular weight is 173 g/mol. The fourth-order valence-corrected chi connectivity index (χ4v) is 0.202. The van der Waals surface area contributed by atoms with Crippen molar-refractivity contribution in [3.8, 4) is 0 Å². The van der Waals surface area contributed by atoms with E-state index in [1.165, 1.54) is 13.8 Å². The van der Waals surface area contributed by atoms with E-state index < -0.39 is 17.5 Å². The Balaban J connectivity index is 0. The summed E-state index contributed by atoms with van der Waals surface area (Å²) >= 11 is 0. The first-order chi connectivity index (χ1) is 4.86. The Labute approximate surface area is 60.3 Å². The Morgan fingerprint density at radius 1 is 1.09 bits per heavy atom. The van der Waals surface area contributed by atoms with Crippen molar-refractivity contribution in [1.29, 1.82) is 0 Å². The number of rotatable bonds is 0. The summed E-state index contributed by atoms with van der Waals surface area (Å²) in [5.74, 6) is -1.12.